The van der Waals surface area contributed by atoms with Crippen molar-refractivity contribution in [1.82, 2.24) is 19.9 Å². The summed E-state index contributed by atoms with van der Waals surface area (Å²) in [5.41, 5.74) is 4.73. The molecule has 0 aromatic carbocycles. The first-order valence-corrected chi connectivity index (χ1v) is 8.86. The molecule has 2 aromatic heterocycles. The molecular formula is C16H22N4O2S. The first-order chi connectivity index (χ1) is 11.1. The van der Waals surface area contributed by atoms with Crippen molar-refractivity contribution in [2.45, 2.75) is 33.2 Å². The second-order valence-electron chi connectivity index (χ2n) is 5.97. The third-order valence-corrected chi connectivity index (χ3v) is 4.95. The van der Waals surface area contributed by atoms with Crippen LogP contribution in [0.5, 0.6) is 0 Å². The molecule has 7 heteroatoms. The fourth-order valence-corrected chi connectivity index (χ4v) is 3.49. The van der Waals surface area contributed by atoms with E-state index in [4.69, 9.17) is 4.52 Å². The van der Waals surface area contributed by atoms with E-state index in [1.165, 1.54) is 0 Å². The van der Waals surface area contributed by atoms with Crippen LogP contribution in [0.15, 0.2) is 15.4 Å². The molecule has 1 amide bonds. The summed E-state index contributed by atoms with van der Waals surface area (Å²) in [6.07, 6.45) is 1.38. The number of nitrogens with zero attached hydrogens (tertiary/aromatic N) is 4. The van der Waals surface area contributed by atoms with Gasteiger partial charge in [-0.1, -0.05) is 5.16 Å². The van der Waals surface area contributed by atoms with E-state index in [-0.39, 0.29) is 5.91 Å². The number of rotatable bonds is 4. The SMILES string of the molecule is Cc1noc(C)c1CC(=O)N1CCCN(Cc2cscn2)CC1. The van der Waals surface area contributed by atoms with Crippen LogP contribution in [0.1, 0.15) is 29.1 Å². The highest BCUT2D eigenvalue weighted by atomic mass is 32.1. The summed E-state index contributed by atoms with van der Waals surface area (Å²) >= 11 is 1.63. The number of hydrogen-bond donors (Lipinski definition) is 0. The van der Waals surface area contributed by atoms with Crippen LogP contribution in [0.25, 0.3) is 0 Å². The molecule has 2 aromatic rings. The van der Waals surface area contributed by atoms with E-state index >= 15 is 0 Å². The van der Waals surface area contributed by atoms with E-state index in [2.05, 4.69) is 20.4 Å². The van der Waals surface area contributed by atoms with E-state index in [0.717, 1.165) is 61.9 Å². The van der Waals surface area contributed by atoms with Crippen molar-refractivity contribution in [3.05, 3.63) is 33.6 Å². The van der Waals surface area contributed by atoms with Gasteiger partial charge < -0.3 is 9.42 Å². The summed E-state index contributed by atoms with van der Waals surface area (Å²) < 4.78 is 5.15. The molecule has 1 aliphatic heterocycles. The lowest BCUT2D eigenvalue weighted by molar-refractivity contribution is -0.130. The maximum absolute atomic E-state index is 12.6. The van der Waals surface area contributed by atoms with Gasteiger partial charge in [-0.05, 0) is 20.3 Å². The first-order valence-electron chi connectivity index (χ1n) is 7.92. The number of carbonyl (C=O) groups excluding carboxylic acids is 1. The Balaban J connectivity index is 1.56. The average molecular weight is 334 g/mol. The Morgan fingerprint density at radius 3 is 2.87 bits per heavy atom. The van der Waals surface area contributed by atoms with Gasteiger partial charge in [0.1, 0.15) is 5.76 Å². The molecule has 0 N–H and O–H groups in total. The van der Waals surface area contributed by atoms with Crippen molar-refractivity contribution < 1.29 is 9.32 Å². The van der Waals surface area contributed by atoms with Gasteiger partial charge in [0.25, 0.3) is 0 Å². The Morgan fingerprint density at radius 1 is 1.30 bits per heavy atom. The standard InChI is InChI=1S/C16H22N4O2S/c1-12-15(13(2)22-18-12)8-16(21)20-5-3-4-19(6-7-20)9-14-10-23-11-17-14/h10-11H,3-9H2,1-2H3. The van der Waals surface area contributed by atoms with Gasteiger partial charge in [-0.25, -0.2) is 4.98 Å². The van der Waals surface area contributed by atoms with Crippen LogP contribution in [0.4, 0.5) is 0 Å². The van der Waals surface area contributed by atoms with Crippen LogP contribution in [-0.2, 0) is 17.8 Å². The van der Waals surface area contributed by atoms with Crippen LogP contribution in [0.3, 0.4) is 0 Å². The second-order valence-corrected chi connectivity index (χ2v) is 6.69. The third-order valence-electron chi connectivity index (χ3n) is 4.32. The van der Waals surface area contributed by atoms with Crippen molar-refractivity contribution in [3.63, 3.8) is 0 Å². The predicted molar refractivity (Wildman–Crippen MR) is 88.3 cm³/mol. The van der Waals surface area contributed by atoms with E-state index in [1.807, 2.05) is 24.3 Å². The molecule has 1 aliphatic rings. The van der Waals surface area contributed by atoms with Crippen molar-refractivity contribution in [2.75, 3.05) is 26.2 Å². The number of carbonyl (C=O) groups is 1. The van der Waals surface area contributed by atoms with Crippen LogP contribution >= 0.6 is 11.3 Å². The summed E-state index contributed by atoms with van der Waals surface area (Å²) in [6, 6.07) is 0. The minimum Gasteiger partial charge on any atom is -0.361 e. The normalized spacial score (nSPS) is 16.5. The second kappa shape index (κ2) is 7.23. The molecule has 0 spiro atoms. The molecule has 0 atom stereocenters. The van der Waals surface area contributed by atoms with Gasteiger partial charge >= 0.3 is 0 Å². The van der Waals surface area contributed by atoms with Crippen molar-refractivity contribution in [2.24, 2.45) is 0 Å². The summed E-state index contributed by atoms with van der Waals surface area (Å²) in [5.74, 6) is 0.908. The van der Waals surface area contributed by atoms with Gasteiger partial charge in [0.15, 0.2) is 0 Å². The zero-order valence-corrected chi connectivity index (χ0v) is 14.4. The van der Waals surface area contributed by atoms with Gasteiger partial charge in [0, 0.05) is 43.7 Å². The average Bonchev–Trinajstić information content (AvgIpc) is 3.07. The Labute approximate surface area is 140 Å². The van der Waals surface area contributed by atoms with Gasteiger partial charge in [-0.3, -0.25) is 9.69 Å². The van der Waals surface area contributed by atoms with E-state index in [9.17, 15) is 4.79 Å². The lowest BCUT2D eigenvalue weighted by atomic mass is 10.1. The number of amides is 1. The van der Waals surface area contributed by atoms with Gasteiger partial charge in [0.05, 0.1) is 23.3 Å². The minimum absolute atomic E-state index is 0.162. The molecule has 1 saturated heterocycles. The molecule has 3 heterocycles. The van der Waals surface area contributed by atoms with E-state index in [1.54, 1.807) is 11.3 Å². The Kier molecular flexibility index (Phi) is 5.07. The highest BCUT2D eigenvalue weighted by Crippen LogP contribution is 2.15. The van der Waals surface area contributed by atoms with Gasteiger partial charge in [-0.2, -0.15) is 0 Å². The number of aromatic nitrogens is 2. The van der Waals surface area contributed by atoms with Crippen molar-refractivity contribution in [3.8, 4) is 0 Å². The lowest BCUT2D eigenvalue weighted by Gasteiger charge is -2.21. The number of thiazole rings is 1. The Morgan fingerprint density at radius 2 is 2.17 bits per heavy atom. The number of hydrogen-bond acceptors (Lipinski definition) is 6. The quantitative estimate of drug-likeness (QED) is 0.856. The van der Waals surface area contributed by atoms with Crippen molar-refractivity contribution >= 4 is 17.2 Å². The summed E-state index contributed by atoms with van der Waals surface area (Å²) in [7, 11) is 0. The van der Waals surface area contributed by atoms with Crippen molar-refractivity contribution in [1.29, 1.82) is 0 Å². The highest BCUT2D eigenvalue weighted by molar-refractivity contribution is 7.07. The molecule has 0 saturated carbocycles. The molecule has 0 aliphatic carbocycles. The number of aryl methyl sites for hydroxylation is 2. The molecule has 6 nitrogen and oxygen atoms in total. The topological polar surface area (TPSA) is 62.5 Å². The van der Waals surface area contributed by atoms with Gasteiger partial charge in [-0.15, -0.1) is 11.3 Å². The Bertz CT molecular complexity index is 634. The summed E-state index contributed by atoms with van der Waals surface area (Å²) in [6.45, 7) is 8.10. The monoisotopic (exact) mass is 334 g/mol. The van der Waals surface area contributed by atoms with E-state index < -0.39 is 0 Å². The molecular weight excluding hydrogens is 312 g/mol. The van der Waals surface area contributed by atoms with Gasteiger partial charge in [0.2, 0.25) is 5.91 Å². The van der Waals surface area contributed by atoms with E-state index in [0.29, 0.717) is 6.42 Å². The summed E-state index contributed by atoms with van der Waals surface area (Å²) in [4.78, 5) is 21.3. The predicted octanol–water partition coefficient (Wildman–Crippen LogP) is 2.02. The first kappa shape index (κ1) is 16.1. The lowest BCUT2D eigenvalue weighted by Crippen LogP contribution is -2.36. The molecule has 0 radical (unpaired) electrons. The van der Waals surface area contributed by atoms with Crippen LogP contribution in [-0.4, -0.2) is 52.0 Å². The smallest absolute Gasteiger partial charge is 0.227 e. The van der Waals surface area contributed by atoms with Crippen LogP contribution in [0, 0.1) is 13.8 Å². The zero-order chi connectivity index (χ0) is 16.2. The molecule has 0 unspecified atom stereocenters. The maximum Gasteiger partial charge on any atom is 0.227 e. The molecule has 23 heavy (non-hydrogen) atoms. The van der Waals surface area contributed by atoms with Crippen LogP contribution < -0.4 is 0 Å². The maximum atomic E-state index is 12.6. The largest absolute Gasteiger partial charge is 0.361 e. The molecule has 3 rings (SSSR count). The Hall–Kier alpha value is -1.73. The molecule has 1 fully saturated rings. The van der Waals surface area contributed by atoms with Crippen LogP contribution in [0.2, 0.25) is 0 Å². The molecule has 0 bridgehead atoms. The summed E-state index contributed by atoms with van der Waals surface area (Å²) in [5, 5.41) is 6.02. The third kappa shape index (κ3) is 3.97. The highest BCUT2D eigenvalue weighted by Gasteiger charge is 2.22. The fraction of sp³-hybridized carbons (Fsp3) is 0.562. The zero-order valence-electron chi connectivity index (χ0n) is 13.6. The fourth-order valence-electron chi connectivity index (χ4n) is 2.94. The molecule has 124 valence electrons. The minimum atomic E-state index is 0.162.